The van der Waals surface area contributed by atoms with Crippen LogP contribution in [0.1, 0.15) is 18.1 Å². The second-order valence-corrected chi connectivity index (χ2v) is 7.67. The minimum Gasteiger partial charge on any atom is -0.324 e. The Bertz CT molecular complexity index is 979. The molecule has 4 heteroatoms. The first-order valence-corrected chi connectivity index (χ1v) is 9.74. The molecule has 2 heterocycles. The largest absolute Gasteiger partial charge is 0.324 e. The van der Waals surface area contributed by atoms with Gasteiger partial charge in [-0.1, -0.05) is 55.5 Å². The highest BCUT2D eigenvalue weighted by molar-refractivity contribution is 6.18. The van der Waals surface area contributed by atoms with E-state index in [1.54, 1.807) is 0 Å². The van der Waals surface area contributed by atoms with Crippen molar-refractivity contribution in [2.45, 2.75) is 6.92 Å². The third kappa shape index (κ3) is 3.69. The van der Waals surface area contributed by atoms with Gasteiger partial charge in [0, 0.05) is 30.4 Å². The maximum absolute atomic E-state index is 5.07. The number of rotatable bonds is 5. The normalized spacial score (nSPS) is 14.1. The lowest BCUT2D eigenvalue weighted by atomic mass is 9.99. The molecule has 3 aromatic rings. The first-order chi connectivity index (χ1) is 13.6. The van der Waals surface area contributed by atoms with Crippen LogP contribution in [0.5, 0.6) is 0 Å². The van der Waals surface area contributed by atoms with Crippen molar-refractivity contribution >= 4 is 22.9 Å². The fraction of sp³-hybridized carbons (Fsp3) is 0.250. The molecule has 0 bridgehead atoms. The van der Waals surface area contributed by atoms with Gasteiger partial charge in [-0.25, -0.2) is 9.98 Å². The molecule has 0 fully saturated rings. The molecule has 0 saturated carbocycles. The van der Waals surface area contributed by atoms with Crippen LogP contribution < -0.4 is 4.90 Å². The number of fused-ring (bicyclic) bond motifs is 2. The van der Waals surface area contributed by atoms with Crippen LogP contribution in [0.15, 0.2) is 77.9 Å². The molecule has 4 rings (SSSR count). The summed E-state index contributed by atoms with van der Waals surface area (Å²) in [5, 5.41) is 0. The number of pyridine rings is 1. The average Bonchev–Trinajstić information content (AvgIpc) is 2.84. The van der Waals surface area contributed by atoms with Crippen LogP contribution in [0.2, 0.25) is 0 Å². The number of nitrogens with zero attached hydrogens (tertiary/aromatic N) is 4. The minimum atomic E-state index is 0.483. The van der Waals surface area contributed by atoms with Crippen molar-refractivity contribution in [2.75, 3.05) is 32.1 Å². The zero-order chi connectivity index (χ0) is 19.5. The lowest BCUT2D eigenvalue weighted by Crippen LogP contribution is -2.31. The van der Waals surface area contributed by atoms with Gasteiger partial charge in [0.25, 0.3) is 0 Å². The van der Waals surface area contributed by atoms with Crippen molar-refractivity contribution in [2.24, 2.45) is 10.9 Å². The lowest BCUT2D eigenvalue weighted by Gasteiger charge is -2.29. The highest BCUT2D eigenvalue weighted by Crippen LogP contribution is 2.39. The van der Waals surface area contributed by atoms with Crippen LogP contribution in [-0.4, -0.2) is 42.8 Å². The molecule has 1 aromatic heterocycles. The predicted octanol–water partition coefficient (Wildman–Crippen LogP) is 4.90. The molecule has 0 N–H and O–H groups in total. The molecule has 142 valence electrons. The van der Waals surface area contributed by atoms with Gasteiger partial charge in [-0.2, -0.15) is 0 Å². The van der Waals surface area contributed by atoms with Gasteiger partial charge in [-0.05, 0) is 38.2 Å². The van der Waals surface area contributed by atoms with Gasteiger partial charge in [-0.3, -0.25) is 0 Å². The Hall–Kier alpha value is -2.98. The quantitative estimate of drug-likeness (QED) is 0.640. The molecule has 1 aliphatic rings. The summed E-state index contributed by atoms with van der Waals surface area (Å²) in [5.41, 5.74) is 5.33. The van der Waals surface area contributed by atoms with E-state index in [1.807, 2.05) is 18.3 Å². The van der Waals surface area contributed by atoms with Crippen molar-refractivity contribution in [3.05, 3.63) is 84.1 Å². The highest BCUT2D eigenvalue weighted by atomic mass is 15.2. The van der Waals surface area contributed by atoms with Gasteiger partial charge >= 0.3 is 0 Å². The molecule has 1 atom stereocenters. The summed E-state index contributed by atoms with van der Waals surface area (Å²) in [4.78, 5) is 14.4. The molecule has 0 saturated heterocycles. The Labute approximate surface area is 167 Å². The Morgan fingerprint density at radius 1 is 0.929 bits per heavy atom. The maximum Gasteiger partial charge on any atom is 0.159 e. The van der Waals surface area contributed by atoms with Gasteiger partial charge in [0.15, 0.2) is 5.82 Å². The van der Waals surface area contributed by atoms with Crippen molar-refractivity contribution in [1.82, 2.24) is 9.88 Å². The molecule has 4 nitrogen and oxygen atoms in total. The van der Waals surface area contributed by atoms with Crippen LogP contribution >= 0.6 is 0 Å². The summed E-state index contributed by atoms with van der Waals surface area (Å²) in [7, 11) is 4.24. The van der Waals surface area contributed by atoms with E-state index in [1.165, 1.54) is 0 Å². The van der Waals surface area contributed by atoms with Crippen LogP contribution in [-0.2, 0) is 0 Å². The minimum absolute atomic E-state index is 0.483. The van der Waals surface area contributed by atoms with Crippen molar-refractivity contribution < 1.29 is 0 Å². The predicted molar refractivity (Wildman–Crippen MR) is 117 cm³/mol. The van der Waals surface area contributed by atoms with Crippen molar-refractivity contribution in [3.63, 3.8) is 0 Å². The fourth-order valence-electron chi connectivity index (χ4n) is 3.88. The summed E-state index contributed by atoms with van der Waals surface area (Å²) >= 11 is 0. The molecule has 0 radical (unpaired) electrons. The molecule has 0 amide bonds. The standard InChI is InChI=1S/C24H26N4/c1-18(16-27(2)3)17-28-22-14-8-7-12-20(22)23(19-10-5-4-6-11-19)26-21-13-9-15-25-24(21)28/h4-15,18H,16-17H2,1-3H3. The molecule has 1 unspecified atom stereocenters. The Kier molecular flexibility index (Phi) is 5.22. The summed E-state index contributed by atoms with van der Waals surface area (Å²) in [6.45, 7) is 4.19. The van der Waals surface area contributed by atoms with E-state index in [-0.39, 0.29) is 0 Å². The van der Waals surface area contributed by atoms with E-state index in [0.29, 0.717) is 5.92 Å². The number of aliphatic imine (C=N–C) groups is 1. The van der Waals surface area contributed by atoms with E-state index in [9.17, 15) is 0 Å². The average molecular weight is 371 g/mol. The first kappa shape index (κ1) is 18.4. The Morgan fingerprint density at radius 3 is 2.46 bits per heavy atom. The summed E-state index contributed by atoms with van der Waals surface area (Å²) in [6, 6.07) is 22.9. The molecule has 0 spiro atoms. The molecule has 0 aliphatic carbocycles. The zero-order valence-corrected chi connectivity index (χ0v) is 16.7. The second kappa shape index (κ2) is 7.95. The summed E-state index contributed by atoms with van der Waals surface area (Å²) < 4.78 is 0. The Morgan fingerprint density at radius 2 is 1.68 bits per heavy atom. The molecular formula is C24H26N4. The van der Waals surface area contributed by atoms with E-state index >= 15 is 0 Å². The number of benzene rings is 2. The summed E-state index contributed by atoms with van der Waals surface area (Å²) in [6.07, 6.45) is 1.86. The van der Waals surface area contributed by atoms with E-state index in [0.717, 1.165) is 47.1 Å². The van der Waals surface area contributed by atoms with Gasteiger partial charge < -0.3 is 9.80 Å². The number of para-hydroxylation sites is 1. The molecule has 1 aliphatic heterocycles. The fourth-order valence-corrected chi connectivity index (χ4v) is 3.88. The maximum atomic E-state index is 5.07. The van der Waals surface area contributed by atoms with Gasteiger partial charge in [-0.15, -0.1) is 0 Å². The number of anilines is 2. The lowest BCUT2D eigenvalue weighted by molar-refractivity contribution is 0.343. The molecule has 2 aromatic carbocycles. The number of hydrogen-bond acceptors (Lipinski definition) is 4. The van der Waals surface area contributed by atoms with Crippen molar-refractivity contribution in [1.29, 1.82) is 0 Å². The smallest absolute Gasteiger partial charge is 0.159 e. The monoisotopic (exact) mass is 370 g/mol. The zero-order valence-electron chi connectivity index (χ0n) is 16.7. The number of hydrogen-bond donors (Lipinski definition) is 0. The van der Waals surface area contributed by atoms with Crippen LogP contribution in [0.25, 0.3) is 0 Å². The van der Waals surface area contributed by atoms with E-state index in [2.05, 4.69) is 85.4 Å². The first-order valence-electron chi connectivity index (χ1n) is 9.74. The van der Waals surface area contributed by atoms with Gasteiger partial charge in [0.05, 0.1) is 11.4 Å². The van der Waals surface area contributed by atoms with Crippen LogP contribution in [0.4, 0.5) is 17.2 Å². The van der Waals surface area contributed by atoms with Gasteiger partial charge in [0.2, 0.25) is 0 Å². The number of aromatic nitrogens is 1. The Balaban J connectivity index is 1.87. The van der Waals surface area contributed by atoms with Crippen LogP contribution in [0, 0.1) is 5.92 Å². The van der Waals surface area contributed by atoms with E-state index in [4.69, 9.17) is 9.98 Å². The molecule has 28 heavy (non-hydrogen) atoms. The third-order valence-corrected chi connectivity index (χ3v) is 4.92. The summed E-state index contributed by atoms with van der Waals surface area (Å²) in [5.74, 6) is 1.41. The van der Waals surface area contributed by atoms with E-state index < -0.39 is 0 Å². The van der Waals surface area contributed by atoms with Gasteiger partial charge in [0.1, 0.15) is 5.69 Å². The molecular weight excluding hydrogens is 344 g/mol. The second-order valence-electron chi connectivity index (χ2n) is 7.67. The SMILES string of the molecule is CC(CN(C)C)CN1c2ccccc2C(c2ccccc2)=Nc2cccnc21. The highest BCUT2D eigenvalue weighted by Gasteiger charge is 2.25. The topological polar surface area (TPSA) is 31.7 Å². The van der Waals surface area contributed by atoms with Crippen LogP contribution in [0.3, 0.4) is 0 Å². The third-order valence-electron chi connectivity index (χ3n) is 4.92. The van der Waals surface area contributed by atoms with Crippen molar-refractivity contribution in [3.8, 4) is 0 Å².